The molecule has 0 saturated carbocycles. The lowest BCUT2D eigenvalue weighted by Gasteiger charge is -2.18. The van der Waals surface area contributed by atoms with Gasteiger partial charge < -0.3 is 4.90 Å². The molecule has 0 aromatic carbocycles. The summed E-state index contributed by atoms with van der Waals surface area (Å²) in [5.74, 6) is 0. The van der Waals surface area contributed by atoms with Crippen LogP contribution in [0, 0.1) is 0 Å². The highest BCUT2D eigenvalue weighted by molar-refractivity contribution is 5.30. The standard InChI is InChI=1S/C15H25N/c1-5-7-8-9-10-11-14-12-15(6-2)16(4)13(14)3/h6,9-11,13H,5,7-8,12H2,1-4H3/b10-9-,14-11+,15-6+/t13-/m1/s1. The lowest BCUT2D eigenvalue weighted by molar-refractivity contribution is 0.402. The molecule has 1 aliphatic rings. The van der Waals surface area contributed by atoms with Crippen molar-refractivity contribution in [3.63, 3.8) is 0 Å². The summed E-state index contributed by atoms with van der Waals surface area (Å²) >= 11 is 0. The molecule has 0 radical (unpaired) electrons. The Balaban J connectivity index is 2.55. The lowest BCUT2D eigenvalue weighted by Crippen LogP contribution is -2.20. The van der Waals surface area contributed by atoms with Gasteiger partial charge >= 0.3 is 0 Å². The average Bonchev–Trinajstić information content (AvgIpc) is 2.56. The number of likely N-dealkylation sites (tertiary alicyclic amines) is 1. The first-order valence-electron chi connectivity index (χ1n) is 6.44. The summed E-state index contributed by atoms with van der Waals surface area (Å²) < 4.78 is 0. The van der Waals surface area contributed by atoms with E-state index in [1.807, 2.05) is 0 Å². The second kappa shape index (κ2) is 6.57. The Morgan fingerprint density at radius 2 is 2.19 bits per heavy atom. The van der Waals surface area contributed by atoms with Crippen LogP contribution in [0.4, 0.5) is 0 Å². The molecule has 0 aromatic rings. The lowest BCUT2D eigenvalue weighted by atomic mass is 10.1. The van der Waals surface area contributed by atoms with E-state index in [0.717, 1.165) is 6.42 Å². The number of hydrogen-bond acceptors (Lipinski definition) is 1. The second-order valence-corrected chi connectivity index (χ2v) is 4.56. The summed E-state index contributed by atoms with van der Waals surface area (Å²) in [7, 11) is 2.18. The van der Waals surface area contributed by atoms with Crippen LogP contribution in [0.3, 0.4) is 0 Å². The van der Waals surface area contributed by atoms with Gasteiger partial charge in [-0.25, -0.2) is 0 Å². The smallest absolute Gasteiger partial charge is 0.0474 e. The first kappa shape index (κ1) is 13.1. The van der Waals surface area contributed by atoms with E-state index in [0.29, 0.717) is 6.04 Å². The van der Waals surface area contributed by atoms with Crippen molar-refractivity contribution in [3.8, 4) is 0 Å². The normalized spacial score (nSPS) is 26.5. The number of rotatable bonds is 4. The Kier molecular flexibility index (Phi) is 5.37. The van der Waals surface area contributed by atoms with Crippen LogP contribution in [-0.2, 0) is 0 Å². The van der Waals surface area contributed by atoms with Gasteiger partial charge in [-0.1, -0.05) is 44.1 Å². The molecule has 0 N–H and O–H groups in total. The summed E-state index contributed by atoms with van der Waals surface area (Å²) in [4.78, 5) is 2.37. The molecular weight excluding hydrogens is 194 g/mol. The number of hydrogen-bond donors (Lipinski definition) is 0. The summed E-state index contributed by atoms with van der Waals surface area (Å²) in [5, 5.41) is 0. The van der Waals surface area contributed by atoms with Gasteiger partial charge in [-0.05, 0) is 25.8 Å². The number of allylic oxidation sites excluding steroid dienone is 5. The van der Waals surface area contributed by atoms with Crippen molar-refractivity contribution in [2.45, 2.75) is 52.5 Å². The highest BCUT2D eigenvalue weighted by Crippen LogP contribution is 2.30. The topological polar surface area (TPSA) is 3.24 Å². The van der Waals surface area contributed by atoms with Crippen LogP contribution in [0.2, 0.25) is 0 Å². The van der Waals surface area contributed by atoms with Gasteiger partial charge in [-0.3, -0.25) is 0 Å². The molecule has 1 rings (SSSR count). The highest BCUT2D eigenvalue weighted by atomic mass is 15.2. The summed E-state index contributed by atoms with van der Waals surface area (Å²) in [6.07, 6.45) is 13.9. The molecule has 1 atom stereocenters. The van der Waals surface area contributed by atoms with E-state index in [4.69, 9.17) is 0 Å². The van der Waals surface area contributed by atoms with Crippen molar-refractivity contribution in [3.05, 3.63) is 35.6 Å². The molecular formula is C15H25N. The van der Waals surface area contributed by atoms with Gasteiger partial charge in [0.2, 0.25) is 0 Å². The largest absolute Gasteiger partial charge is 0.371 e. The fraction of sp³-hybridized carbons (Fsp3) is 0.600. The number of nitrogens with zero attached hydrogens (tertiary/aromatic N) is 1. The van der Waals surface area contributed by atoms with E-state index < -0.39 is 0 Å². The zero-order valence-corrected chi connectivity index (χ0v) is 11.2. The quantitative estimate of drug-likeness (QED) is 0.638. The Labute approximate surface area is 101 Å². The molecule has 90 valence electrons. The summed E-state index contributed by atoms with van der Waals surface area (Å²) in [6, 6.07) is 0.557. The molecule has 1 fully saturated rings. The van der Waals surface area contributed by atoms with Crippen LogP contribution in [0.15, 0.2) is 35.6 Å². The summed E-state index contributed by atoms with van der Waals surface area (Å²) in [5.41, 5.74) is 2.98. The molecule has 0 unspecified atom stereocenters. The Morgan fingerprint density at radius 3 is 2.75 bits per heavy atom. The third kappa shape index (κ3) is 3.26. The van der Waals surface area contributed by atoms with Crippen molar-refractivity contribution >= 4 is 0 Å². The van der Waals surface area contributed by atoms with Gasteiger partial charge in [-0.2, -0.15) is 0 Å². The highest BCUT2D eigenvalue weighted by Gasteiger charge is 2.24. The van der Waals surface area contributed by atoms with Crippen molar-refractivity contribution in [2.75, 3.05) is 7.05 Å². The van der Waals surface area contributed by atoms with E-state index in [9.17, 15) is 0 Å². The first-order valence-corrected chi connectivity index (χ1v) is 6.44. The minimum absolute atomic E-state index is 0.557. The maximum absolute atomic E-state index is 2.37. The first-order chi connectivity index (χ1) is 7.70. The van der Waals surface area contributed by atoms with E-state index in [1.165, 1.54) is 30.5 Å². The monoisotopic (exact) mass is 219 g/mol. The van der Waals surface area contributed by atoms with Gasteiger partial charge in [0.15, 0.2) is 0 Å². The van der Waals surface area contributed by atoms with Crippen molar-refractivity contribution in [1.82, 2.24) is 4.90 Å². The Morgan fingerprint density at radius 1 is 1.44 bits per heavy atom. The molecule has 0 aromatic heterocycles. The van der Waals surface area contributed by atoms with Crippen LogP contribution in [0.1, 0.15) is 46.5 Å². The molecule has 1 heteroatoms. The SMILES string of the molecule is C/C=C1\C/C(=C\C=C/CCCC)[C@@H](C)N1C. The van der Waals surface area contributed by atoms with Crippen LogP contribution in [-0.4, -0.2) is 18.0 Å². The van der Waals surface area contributed by atoms with Gasteiger partial charge in [0.25, 0.3) is 0 Å². The zero-order chi connectivity index (χ0) is 12.0. The van der Waals surface area contributed by atoms with Crippen LogP contribution in [0.5, 0.6) is 0 Å². The van der Waals surface area contributed by atoms with Gasteiger partial charge in [0, 0.05) is 25.2 Å². The van der Waals surface area contributed by atoms with E-state index >= 15 is 0 Å². The van der Waals surface area contributed by atoms with Gasteiger partial charge in [0.1, 0.15) is 0 Å². The minimum Gasteiger partial charge on any atom is -0.371 e. The minimum atomic E-state index is 0.557. The average molecular weight is 219 g/mol. The third-order valence-electron chi connectivity index (χ3n) is 3.46. The molecule has 1 aliphatic heterocycles. The van der Waals surface area contributed by atoms with Crippen molar-refractivity contribution < 1.29 is 0 Å². The van der Waals surface area contributed by atoms with E-state index in [2.05, 4.69) is 57.0 Å². The van der Waals surface area contributed by atoms with Gasteiger partial charge in [0.05, 0.1) is 0 Å². The van der Waals surface area contributed by atoms with Crippen LogP contribution >= 0.6 is 0 Å². The maximum atomic E-state index is 2.37. The molecule has 0 amide bonds. The zero-order valence-electron chi connectivity index (χ0n) is 11.2. The summed E-state index contributed by atoms with van der Waals surface area (Å²) in [6.45, 7) is 6.64. The molecule has 0 bridgehead atoms. The maximum Gasteiger partial charge on any atom is 0.0474 e. The molecule has 1 heterocycles. The predicted octanol–water partition coefficient (Wildman–Crippen LogP) is 4.29. The molecule has 0 spiro atoms. The van der Waals surface area contributed by atoms with Crippen LogP contribution in [0.25, 0.3) is 0 Å². The fourth-order valence-corrected chi connectivity index (χ4v) is 2.09. The molecule has 1 nitrogen and oxygen atoms in total. The van der Waals surface area contributed by atoms with Crippen molar-refractivity contribution in [2.24, 2.45) is 0 Å². The Bertz CT molecular complexity index is 297. The third-order valence-corrected chi connectivity index (χ3v) is 3.46. The van der Waals surface area contributed by atoms with Gasteiger partial charge in [-0.15, -0.1) is 0 Å². The van der Waals surface area contributed by atoms with Crippen molar-refractivity contribution in [1.29, 1.82) is 0 Å². The number of unbranched alkanes of at least 4 members (excludes halogenated alkanes) is 2. The van der Waals surface area contributed by atoms with Crippen LogP contribution < -0.4 is 0 Å². The number of likely N-dealkylation sites (N-methyl/N-ethyl adjacent to an activating group) is 1. The Hall–Kier alpha value is -0.980. The predicted molar refractivity (Wildman–Crippen MR) is 72.3 cm³/mol. The van der Waals surface area contributed by atoms with E-state index in [1.54, 1.807) is 0 Å². The molecule has 1 saturated heterocycles. The van der Waals surface area contributed by atoms with E-state index in [-0.39, 0.29) is 0 Å². The molecule has 0 aliphatic carbocycles. The molecule has 16 heavy (non-hydrogen) atoms. The fourth-order valence-electron chi connectivity index (χ4n) is 2.09. The second-order valence-electron chi connectivity index (χ2n) is 4.56.